The molecule has 1 aliphatic rings. The lowest BCUT2D eigenvalue weighted by Gasteiger charge is -2.43. The highest BCUT2D eigenvalue weighted by atomic mass is 15.3. The first-order chi connectivity index (χ1) is 8.78. The third kappa shape index (κ3) is 1.45. The van der Waals surface area contributed by atoms with E-state index in [4.69, 9.17) is 0 Å². The molecule has 0 bridgehead atoms. The molecule has 0 spiro atoms. The molecular formula is C16H23N3. The van der Waals surface area contributed by atoms with Crippen molar-refractivity contribution in [1.29, 1.82) is 0 Å². The molecule has 3 heteroatoms. The van der Waals surface area contributed by atoms with E-state index in [2.05, 4.69) is 80.4 Å². The monoisotopic (exact) mass is 257 g/mol. The van der Waals surface area contributed by atoms with Crippen LogP contribution in [0.15, 0.2) is 24.5 Å². The van der Waals surface area contributed by atoms with Gasteiger partial charge in [-0.25, -0.2) is 4.98 Å². The van der Waals surface area contributed by atoms with Crippen molar-refractivity contribution in [3.8, 4) is 0 Å². The van der Waals surface area contributed by atoms with E-state index in [0.717, 1.165) is 5.65 Å². The van der Waals surface area contributed by atoms with Crippen LogP contribution in [0.4, 0.5) is 0 Å². The summed E-state index contributed by atoms with van der Waals surface area (Å²) >= 11 is 0. The van der Waals surface area contributed by atoms with Crippen LogP contribution in [0.25, 0.3) is 5.65 Å². The molecule has 3 rings (SSSR count). The second-order valence-corrected chi connectivity index (χ2v) is 6.84. The average Bonchev–Trinajstić information content (AvgIpc) is 2.77. The highest BCUT2D eigenvalue weighted by molar-refractivity contribution is 5.48. The maximum absolute atomic E-state index is 4.60. The lowest BCUT2D eigenvalue weighted by atomic mass is 9.96. The smallest absolute Gasteiger partial charge is 0.136 e. The van der Waals surface area contributed by atoms with Crippen LogP contribution in [0.3, 0.4) is 0 Å². The molecule has 0 unspecified atom stereocenters. The number of hydrogen-bond acceptors (Lipinski definition) is 2. The maximum Gasteiger partial charge on any atom is 0.136 e. The number of aromatic nitrogens is 2. The van der Waals surface area contributed by atoms with Gasteiger partial charge in [-0.2, -0.15) is 0 Å². The van der Waals surface area contributed by atoms with Crippen LogP contribution in [0.1, 0.15) is 52.8 Å². The van der Waals surface area contributed by atoms with Crippen LogP contribution >= 0.6 is 0 Å². The molecule has 2 aromatic heterocycles. The van der Waals surface area contributed by atoms with Crippen LogP contribution in [0, 0.1) is 0 Å². The normalized spacial score (nSPS) is 21.2. The van der Waals surface area contributed by atoms with Crippen LogP contribution < -0.4 is 0 Å². The van der Waals surface area contributed by atoms with E-state index in [1.54, 1.807) is 0 Å². The van der Waals surface area contributed by atoms with Gasteiger partial charge in [-0.3, -0.25) is 4.90 Å². The van der Waals surface area contributed by atoms with Gasteiger partial charge in [-0.15, -0.1) is 0 Å². The molecule has 0 amide bonds. The summed E-state index contributed by atoms with van der Waals surface area (Å²) < 4.78 is 2.25. The van der Waals surface area contributed by atoms with Crippen molar-refractivity contribution in [1.82, 2.24) is 14.3 Å². The molecule has 3 nitrogen and oxygen atoms in total. The van der Waals surface area contributed by atoms with Gasteiger partial charge < -0.3 is 4.40 Å². The fraction of sp³-hybridized carbons (Fsp3) is 0.562. The minimum Gasteiger partial charge on any atom is -0.303 e. The van der Waals surface area contributed by atoms with Crippen molar-refractivity contribution in [3.63, 3.8) is 0 Å². The van der Waals surface area contributed by atoms with Gasteiger partial charge in [0.25, 0.3) is 0 Å². The Morgan fingerprint density at radius 2 is 1.79 bits per heavy atom. The first kappa shape index (κ1) is 12.7. The first-order valence-corrected chi connectivity index (χ1v) is 7.04. The summed E-state index contributed by atoms with van der Waals surface area (Å²) in [5, 5.41) is 0. The standard InChI is InChI=1S/C16H23N3/c1-11(2)19-15(3,4)12-10-17-13-8-7-9-18(13)14(12)16(19,5)6/h7-11H,1-6H3. The van der Waals surface area contributed by atoms with Crippen LogP contribution in [0.2, 0.25) is 0 Å². The Morgan fingerprint density at radius 1 is 1.11 bits per heavy atom. The molecule has 0 saturated carbocycles. The molecule has 0 saturated heterocycles. The molecule has 102 valence electrons. The summed E-state index contributed by atoms with van der Waals surface area (Å²) in [6.45, 7) is 13.8. The van der Waals surface area contributed by atoms with Crippen LogP contribution in [0.5, 0.6) is 0 Å². The maximum atomic E-state index is 4.60. The third-order valence-electron chi connectivity index (χ3n) is 4.51. The largest absolute Gasteiger partial charge is 0.303 e. The zero-order valence-electron chi connectivity index (χ0n) is 12.7. The molecular weight excluding hydrogens is 234 g/mol. The second kappa shape index (κ2) is 3.60. The van der Waals surface area contributed by atoms with Crippen molar-refractivity contribution in [2.45, 2.75) is 58.7 Å². The predicted molar refractivity (Wildman–Crippen MR) is 78.2 cm³/mol. The quantitative estimate of drug-likeness (QED) is 0.779. The Morgan fingerprint density at radius 3 is 2.42 bits per heavy atom. The van der Waals surface area contributed by atoms with E-state index >= 15 is 0 Å². The van der Waals surface area contributed by atoms with Gasteiger partial charge in [0, 0.05) is 29.5 Å². The van der Waals surface area contributed by atoms with Gasteiger partial charge in [0.2, 0.25) is 0 Å². The Labute approximate surface area is 115 Å². The Kier molecular flexibility index (Phi) is 2.40. The molecule has 0 aliphatic carbocycles. The fourth-order valence-corrected chi connectivity index (χ4v) is 4.29. The lowest BCUT2D eigenvalue weighted by molar-refractivity contribution is 0.00692. The van der Waals surface area contributed by atoms with Crippen molar-refractivity contribution >= 4 is 5.65 Å². The van der Waals surface area contributed by atoms with E-state index in [9.17, 15) is 0 Å². The van der Waals surface area contributed by atoms with Gasteiger partial charge in [-0.1, -0.05) is 0 Å². The Balaban J connectivity index is 2.38. The number of hydrogen-bond donors (Lipinski definition) is 0. The molecule has 3 heterocycles. The molecule has 0 aromatic carbocycles. The lowest BCUT2D eigenvalue weighted by Crippen LogP contribution is -2.49. The van der Waals surface area contributed by atoms with Crippen LogP contribution in [-0.2, 0) is 11.1 Å². The van der Waals surface area contributed by atoms with Crippen molar-refractivity contribution in [3.05, 3.63) is 35.8 Å². The van der Waals surface area contributed by atoms with Gasteiger partial charge in [0.1, 0.15) is 5.65 Å². The molecule has 0 atom stereocenters. The highest BCUT2D eigenvalue weighted by Gasteiger charge is 2.51. The zero-order valence-corrected chi connectivity index (χ0v) is 12.7. The molecule has 19 heavy (non-hydrogen) atoms. The van der Waals surface area contributed by atoms with Crippen molar-refractivity contribution in [2.75, 3.05) is 0 Å². The number of nitrogens with zero attached hydrogens (tertiary/aromatic N) is 3. The van der Waals surface area contributed by atoms with E-state index in [0.29, 0.717) is 6.04 Å². The third-order valence-corrected chi connectivity index (χ3v) is 4.51. The van der Waals surface area contributed by atoms with Crippen molar-refractivity contribution < 1.29 is 0 Å². The first-order valence-electron chi connectivity index (χ1n) is 7.04. The van der Waals surface area contributed by atoms with E-state index in [1.165, 1.54) is 11.3 Å². The van der Waals surface area contributed by atoms with Gasteiger partial charge in [0.15, 0.2) is 0 Å². The SMILES string of the molecule is CC(C)N1C(C)(C)c2cnc3cccn3c2C1(C)C. The molecule has 0 fully saturated rings. The average molecular weight is 257 g/mol. The molecule has 0 N–H and O–H groups in total. The highest BCUT2D eigenvalue weighted by Crippen LogP contribution is 2.50. The zero-order chi connectivity index (χ0) is 14.0. The predicted octanol–water partition coefficient (Wildman–Crippen LogP) is 3.53. The summed E-state index contributed by atoms with van der Waals surface area (Å²) in [7, 11) is 0. The van der Waals surface area contributed by atoms with Gasteiger partial charge in [0.05, 0.1) is 11.2 Å². The Bertz CT molecular complexity index is 634. The van der Waals surface area contributed by atoms with Gasteiger partial charge in [-0.05, 0) is 53.7 Å². The fourth-order valence-electron chi connectivity index (χ4n) is 4.29. The van der Waals surface area contributed by atoms with E-state index in [1.807, 2.05) is 0 Å². The van der Waals surface area contributed by atoms with Crippen molar-refractivity contribution in [2.24, 2.45) is 0 Å². The molecule has 2 aromatic rings. The summed E-state index contributed by atoms with van der Waals surface area (Å²) in [5.74, 6) is 0. The summed E-state index contributed by atoms with van der Waals surface area (Å²) in [4.78, 5) is 7.19. The Hall–Kier alpha value is -1.35. The topological polar surface area (TPSA) is 20.5 Å². The van der Waals surface area contributed by atoms with E-state index in [-0.39, 0.29) is 11.1 Å². The minimum absolute atomic E-state index is 0.00715. The second-order valence-electron chi connectivity index (χ2n) is 6.84. The van der Waals surface area contributed by atoms with Crippen LogP contribution in [-0.4, -0.2) is 20.3 Å². The molecule has 0 radical (unpaired) electrons. The van der Waals surface area contributed by atoms with Gasteiger partial charge >= 0.3 is 0 Å². The summed E-state index contributed by atoms with van der Waals surface area (Å²) in [6, 6.07) is 4.63. The minimum atomic E-state index is 0.00715. The summed E-state index contributed by atoms with van der Waals surface area (Å²) in [5.41, 5.74) is 3.77. The summed E-state index contributed by atoms with van der Waals surface area (Å²) in [6.07, 6.45) is 4.19. The number of rotatable bonds is 1. The number of fused-ring (bicyclic) bond motifs is 3. The van der Waals surface area contributed by atoms with E-state index < -0.39 is 0 Å². The molecule has 1 aliphatic heterocycles.